The zero-order chi connectivity index (χ0) is 13.7. The van der Waals surface area contributed by atoms with E-state index in [1.54, 1.807) is 0 Å². The number of halogens is 1. The van der Waals surface area contributed by atoms with Gasteiger partial charge in [0.25, 0.3) is 0 Å². The Labute approximate surface area is 126 Å². The van der Waals surface area contributed by atoms with Gasteiger partial charge in [0.15, 0.2) is 0 Å². The molecule has 0 amide bonds. The largest absolute Gasteiger partial charge is 0.491 e. The van der Waals surface area contributed by atoms with E-state index in [0.717, 1.165) is 58.5 Å². The molecular weight excluding hydrogens is 318 g/mol. The van der Waals surface area contributed by atoms with Crippen LogP contribution in [0.5, 0.6) is 5.75 Å². The van der Waals surface area contributed by atoms with E-state index in [-0.39, 0.29) is 0 Å². The van der Waals surface area contributed by atoms with Gasteiger partial charge in [0.1, 0.15) is 5.75 Å². The lowest BCUT2D eigenvalue weighted by Crippen LogP contribution is -2.08. The van der Waals surface area contributed by atoms with Crippen molar-refractivity contribution in [1.29, 1.82) is 0 Å². The number of nitrogens with zero attached hydrogens (tertiary/aromatic N) is 1. The fourth-order valence-electron chi connectivity index (χ4n) is 3.18. The molecule has 0 spiro atoms. The van der Waals surface area contributed by atoms with E-state index < -0.39 is 0 Å². The van der Waals surface area contributed by atoms with Crippen LogP contribution in [0.1, 0.15) is 5.69 Å². The summed E-state index contributed by atoms with van der Waals surface area (Å²) in [4.78, 5) is 4.63. The van der Waals surface area contributed by atoms with E-state index in [2.05, 4.69) is 27.0 Å². The number of aromatic nitrogens is 1. The first-order valence-corrected chi connectivity index (χ1v) is 7.80. The van der Waals surface area contributed by atoms with Crippen molar-refractivity contribution in [3.63, 3.8) is 0 Å². The molecule has 1 aromatic heterocycles. The molecule has 2 aliphatic rings. The van der Waals surface area contributed by atoms with Crippen molar-refractivity contribution in [3.05, 3.63) is 34.4 Å². The van der Waals surface area contributed by atoms with Gasteiger partial charge in [0.2, 0.25) is 0 Å². The average Bonchev–Trinajstić information content (AvgIpc) is 2.87. The van der Waals surface area contributed by atoms with Gasteiger partial charge in [0, 0.05) is 15.8 Å². The van der Waals surface area contributed by atoms with Gasteiger partial charge in [-0.25, -0.2) is 4.98 Å². The third-order valence-electron chi connectivity index (χ3n) is 4.51. The zero-order valence-corrected chi connectivity index (χ0v) is 12.9. The second-order valence-electron chi connectivity index (χ2n) is 5.72. The Morgan fingerprint density at radius 2 is 2.15 bits per heavy atom. The summed E-state index contributed by atoms with van der Waals surface area (Å²) in [5.41, 5.74) is 1.96. The first kappa shape index (κ1) is 12.6. The summed E-state index contributed by atoms with van der Waals surface area (Å²) in [5.74, 6) is 3.04. The summed E-state index contributed by atoms with van der Waals surface area (Å²) in [5, 5.41) is 1.10. The molecule has 4 heteroatoms. The molecule has 2 aromatic rings. The highest BCUT2D eigenvalue weighted by molar-refractivity contribution is 9.10. The van der Waals surface area contributed by atoms with E-state index in [0.29, 0.717) is 5.92 Å². The topological polar surface area (TPSA) is 31.4 Å². The van der Waals surface area contributed by atoms with Gasteiger partial charge >= 0.3 is 0 Å². The molecule has 1 aliphatic heterocycles. The van der Waals surface area contributed by atoms with Crippen molar-refractivity contribution >= 4 is 26.8 Å². The standard InChI is InChI=1S/C16H16BrNO2/c1-9-16(20-8-13-11-6-19-7-12(11)13)5-10-14(17)3-2-4-15(10)18-9/h2-5,11-13H,6-8H2,1H3. The van der Waals surface area contributed by atoms with Gasteiger partial charge in [0.05, 0.1) is 31.0 Å². The quantitative estimate of drug-likeness (QED) is 0.860. The van der Waals surface area contributed by atoms with E-state index in [9.17, 15) is 0 Å². The highest BCUT2D eigenvalue weighted by Gasteiger charge is 2.54. The number of aryl methyl sites for hydroxylation is 1. The number of hydrogen-bond donors (Lipinski definition) is 0. The molecule has 2 atom stereocenters. The maximum Gasteiger partial charge on any atom is 0.141 e. The van der Waals surface area contributed by atoms with Crippen molar-refractivity contribution in [2.45, 2.75) is 6.92 Å². The minimum absolute atomic E-state index is 0.679. The molecule has 2 unspecified atom stereocenters. The fourth-order valence-corrected chi connectivity index (χ4v) is 3.65. The molecule has 1 saturated heterocycles. The van der Waals surface area contributed by atoms with Crippen LogP contribution in [0.25, 0.3) is 10.9 Å². The summed E-state index contributed by atoms with van der Waals surface area (Å²) < 4.78 is 12.5. The van der Waals surface area contributed by atoms with Crippen LogP contribution in [0.2, 0.25) is 0 Å². The maximum absolute atomic E-state index is 6.02. The summed E-state index contributed by atoms with van der Waals surface area (Å²) in [6.07, 6.45) is 0. The van der Waals surface area contributed by atoms with Crippen molar-refractivity contribution in [1.82, 2.24) is 4.98 Å². The van der Waals surface area contributed by atoms with E-state index in [1.165, 1.54) is 0 Å². The Hall–Kier alpha value is -1.13. The Morgan fingerprint density at radius 3 is 2.95 bits per heavy atom. The molecule has 0 radical (unpaired) electrons. The van der Waals surface area contributed by atoms with Crippen LogP contribution >= 0.6 is 15.9 Å². The van der Waals surface area contributed by atoms with Crippen LogP contribution in [0.3, 0.4) is 0 Å². The molecule has 0 N–H and O–H groups in total. The number of pyridine rings is 1. The lowest BCUT2D eigenvalue weighted by Gasteiger charge is -2.11. The molecule has 2 fully saturated rings. The van der Waals surface area contributed by atoms with Crippen molar-refractivity contribution in [2.75, 3.05) is 19.8 Å². The van der Waals surface area contributed by atoms with Gasteiger partial charge in [-0.1, -0.05) is 22.0 Å². The maximum atomic E-state index is 6.02. The predicted molar refractivity (Wildman–Crippen MR) is 81.0 cm³/mol. The second kappa shape index (κ2) is 4.71. The smallest absolute Gasteiger partial charge is 0.141 e. The number of rotatable bonds is 3. The van der Waals surface area contributed by atoms with E-state index in [4.69, 9.17) is 9.47 Å². The van der Waals surface area contributed by atoms with Crippen LogP contribution in [0, 0.1) is 24.7 Å². The number of fused-ring (bicyclic) bond motifs is 2. The van der Waals surface area contributed by atoms with Gasteiger partial charge < -0.3 is 9.47 Å². The molecular formula is C16H16BrNO2. The number of hydrogen-bond acceptors (Lipinski definition) is 3. The molecule has 4 rings (SSSR count). The van der Waals surface area contributed by atoms with Crippen molar-refractivity contribution in [2.24, 2.45) is 17.8 Å². The Bertz CT molecular complexity index is 663. The first-order chi connectivity index (χ1) is 9.74. The van der Waals surface area contributed by atoms with Crippen LogP contribution in [-0.4, -0.2) is 24.8 Å². The monoisotopic (exact) mass is 333 g/mol. The molecule has 1 saturated carbocycles. The predicted octanol–water partition coefficient (Wildman–Crippen LogP) is 3.58. The molecule has 0 bridgehead atoms. The third-order valence-corrected chi connectivity index (χ3v) is 5.20. The molecule has 1 aliphatic carbocycles. The Morgan fingerprint density at radius 1 is 1.35 bits per heavy atom. The summed E-state index contributed by atoms with van der Waals surface area (Å²) in [6, 6.07) is 8.16. The number of ether oxygens (including phenoxy) is 2. The lowest BCUT2D eigenvalue weighted by atomic mass is 10.2. The van der Waals surface area contributed by atoms with E-state index >= 15 is 0 Å². The average molecular weight is 334 g/mol. The van der Waals surface area contributed by atoms with Crippen molar-refractivity contribution < 1.29 is 9.47 Å². The Kier molecular flexibility index (Phi) is 2.97. The van der Waals surface area contributed by atoms with Gasteiger partial charge in [-0.3, -0.25) is 0 Å². The van der Waals surface area contributed by atoms with Crippen LogP contribution in [-0.2, 0) is 4.74 Å². The second-order valence-corrected chi connectivity index (χ2v) is 6.57. The van der Waals surface area contributed by atoms with Crippen LogP contribution < -0.4 is 4.74 Å². The third kappa shape index (κ3) is 2.02. The van der Waals surface area contributed by atoms with Crippen LogP contribution in [0.4, 0.5) is 0 Å². The molecule has 20 heavy (non-hydrogen) atoms. The highest BCUT2D eigenvalue weighted by Crippen LogP contribution is 2.50. The van der Waals surface area contributed by atoms with Crippen LogP contribution in [0.15, 0.2) is 28.7 Å². The highest BCUT2D eigenvalue weighted by atomic mass is 79.9. The lowest BCUT2D eigenvalue weighted by molar-refractivity contribution is 0.137. The van der Waals surface area contributed by atoms with Gasteiger partial charge in [-0.2, -0.15) is 0 Å². The van der Waals surface area contributed by atoms with Crippen molar-refractivity contribution in [3.8, 4) is 5.75 Å². The molecule has 2 heterocycles. The number of benzene rings is 1. The van der Waals surface area contributed by atoms with Gasteiger partial charge in [-0.15, -0.1) is 0 Å². The first-order valence-electron chi connectivity index (χ1n) is 7.00. The Balaban J connectivity index is 1.56. The normalized spacial score (nSPS) is 27.6. The van der Waals surface area contributed by atoms with Gasteiger partial charge in [-0.05, 0) is 37.0 Å². The summed E-state index contributed by atoms with van der Waals surface area (Å²) in [7, 11) is 0. The molecule has 104 valence electrons. The summed E-state index contributed by atoms with van der Waals surface area (Å²) >= 11 is 3.58. The molecule has 1 aromatic carbocycles. The summed E-state index contributed by atoms with van der Waals surface area (Å²) in [6.45, 7) is 4.63. The zero-order valence-electron chi connectivity index (χ0n) is 11.3. The SMILES string of the molecule is Cc1nc2cccc(Br)c2cc1OCC1C2COCC21. The minimum Gasteiger partial charge on any atom is -0.491 e. The molecule has 3 nitrogen and oxygen atoms in total. The minimum atomic E-state index is 0.679. The van der Waals surface area contributed by atoms with E-state index in [1.807, 2.05) is 25.1 Å². The fraction of sp³-hybridized carbons (Fsp3) is 0.438.